The van der Waals surface area contributed by atoms with Crippen molar-refractivity contribution in [1.82, 2.24) is 5.32 Å². The van der Waals surface area contributed by atoms with Gasteiger partial charge in [0.1, 0.15) is 0 Å². The summed E-state index contributed by atoms with van der Waals surface area (Å²) in [5.41, 5.74) is 4.11. The van der Waals surface area contributed by atoms with Crippen LogP contribution in [0.25, 0.3) is 0 Å². The summed E-state index contributed by atoms with van der Waals surface area (Å²) < 4.78 is 0. The number of benzene rings is 3. The lowest BCUT2D eigenvalue weighted by Crippen LogP contribution is -2.34. The maximum atomic E-state index is 13.2. The summed E-state index contributed by atoms with van der Waals surface area (Å²) in [6.45, 7) is 6.02. The van der Waals surface area contributed by atoms with Gasteiger partial charge in [0.2, 0.25) is 0 Å². The highest BCUT2D eigenvalue weighted by molar-refractivity contribution is 6.34. The number of anilines is 2. The molecule has 2 N–H and O–H groups in total. The van der Waals surface area contributed by atoms with Gasteiger partial charge in [0, 0.05) is 43.1 Å². The summed E-state index contributed by atoms with van der Waals surface area (Å²) in [6.07, 6.45) is 0.875. The average molecular weight is 507 g/mol. The van der Waals surface area contributed by atoms with E-state index in [1.54, 1.807) is 12.1 Å². The second-order valence-electron chi connectivity index (χ2n) is 9.15. The molecule has 3 aromatic carbocycles. The lowest BCUT2D eigenvalue weighted by atomic mass is 9.98. The number of halogens is 1. The average Bonchev–Trinajstić information content (AvgIpc) is 2.86. The third kappa shape index (κ3) is 5.66. The van der Waals surface area contributed by atoms with Gasteiger partial charge in [0.15, 0.2) is 0 Å². The Morgan fingerprint density at radius 1 is 1.03 bits per heavy atom. The predicted molar refractivity (Wildman–Crippen MR) is 141 cm³/mol. The van der Waals surface area contributed by atoms with Crippen molar-refractivity contribution in [3.63, 3.8) is 0 Å². The van der Waals surface area contributed by atoms with Crippen molar-refractivity contribution >= 4 is 40.5 Å². The Kier molecular flexibility index (Phi) is 7.55. The summed E-state index contributed by atoms with van der Waals surface area (Å²) in [4.78, 5) is 38.6. The molecule has 0 aromatic heterocycles. The van der Waals surface area contributed by atoms with E-state index in [9.17, 15) is 19.7 Å². The molecule has 2 amide bonds. The van der Waals surface area contributed by atoms with Gasteiger partial charge in [-0.3, -0.25) is 19.7 Å². The maximum Gasteiger partial charge on any atom is 0.270 e. The summed E-state index contributed by atoms with van der Waals surface area (Å²) in [5, 5.41) is 16.7. The fourth-order valence-corrected chi connectivity index (χ4v) is 4.43. The van der Waals surface area contributed by atoms with E-state index in [2.05, 4.69) is 27.7 Å². The number of carbonyl (C=O) groups is 2. The second-order valence-corrected chi connectivity index (χ2v) is 9.56. The van der Waals surface area contributed by atoms with Crippen molar-refractivity contribution in [2.45, 2.75) is 26.8 Å². The van der Waals surface area contributed by atoms with E-state index in [0.29, 0.717) is 24.3 Å². The van der Waals surface area contributed by atoms with Crippen molar-refractivity contribution in [3.8, 4) is 0 Å². The van der Waals surface area contributed by atoms with Crippen LogP contribution < -0.4 is 15.5 Å². The summed E-state index contributed by atoms with van der Waals surface area (Å²) >= 11 is 6.12. The van der Waals surface area contributed by atoms with Crippen LogP contribution >= 0.6 is 11.6 Å². The molecule has 0 unspecified atom stereocenters. The molecule has 1 heterocycles. The molecule has 1 aliphatic rings. The van der Waals surface area contributed by atoms with Crippen LogP contribution in [0.4, 0.5) is 17.1 Å². The van der Waals surface area contributed by atoms with Crippen molar-refractivity contribution in [3.05, 3.63) is 98.1 Å². The number of hydrogen-bond acceptors (Lipinski definition) is 5. The molecular weight excluding hydrogens is 480 g/mol. The topological polar surface area (TPSA) is 105 Å². The molecule has 186 valence electrons. The molecular formula is C27H27ClN4O4. The van der Waals surface area contributed by atoms with E-state index in [4.69, 9.17) is 11.6 Å². The number of non-ortho nitro benzene ring substituents is 1. The van der Waals surface area contributed by atoms with Gasteiger partial charge >= 0.3 is 0 Å². The quantitative estimate of drug-likeness (QED) is 0.327. The summed E-state index contributed by atoms with van der Waals surface area (Å²) in [6, 6.07) is 17.2. The minimum atomic E-state index is -0.576. The van der Waals surface area contributed by atoms with Crippen LogP contribution in [0.3, 0.4) is 0 Å². The van der Waals surface area contributed by atoms with E-state index >= 15 is 0 Å². The number of nitrogens with zero attached hydrogens (tertiary/aromatic N) is 2. The molecule has 36 heavy (non-hydrogen) atoms. The Morgan fingerprint density at radius 3 is 2.47 bits per heavy atom. The third-order valence-electron chi connectivity index (χ3n) is 6.05. The smallest absolute Gasteiger partial charge is 0.270 e. The first kappa shape index (κ1) is 25.2. The van der Waals surface area contributed by atoms with E-state index in [0.717, 1.165) is 24.7 Å². The van der Waals surface area contributed by atoms with Crippen LogP contribution in [0.15, 0.2) is 60.7 Å². The standard InChI is InChI=1S/C27H27ClN4O4/c1-17(2)15-29-26(33)23-13-20(30-27(34)22-9-8-21(32(35)36)14-24(22)28)7-10-25(23)31-12-11-18-5-3-4-6-19(18)16-31/h3-10,13-14,17H,11-12,15-16H2,1-2H3,(H,29,33)(H,30,34). The van der Waals surface area contributed by atoms with Crippen LogP contribution in [-0.2, 0) is 13.0 Å². The molecule has 0 saturated heterocycles. The fraction of sp³-hybridized carbons (Fsp3) is 0.259. The Balaban J connectivity index is 1.62. The summed E-state index contributed by atoms with van der Waals surface area (Å²) in [5.74, 6) is -0.462. The van der Waals surface area contributed by atoms with E-state index in [1.807, 2.05) is 32.0 Å². The molecule has 1 aliphatic heterocycles. The van der Waals surface area contributed by atoms with Gasteiger partial charge in [-0.2, -0.15) is 0 Å². The highest BCUT2D eigenvalue weighted by Gasteiger charge is 2.23. The zero-order valence-corrected chi connectivity index (χ0v) is 20.8. The van der Waals surface area contributed by atoms with Gasteiger partial charge in [0.25, 0.3) is 17.5 Å². The van der Waals surface area contributed by atoms with E-state index < -0.39 is 10.8 Å². The van der Waals surface area contributed by atoms with Crippen LogP contribution in [0.2, 0.25) is 5.02 Å². The zero-order valence-electron chi connectivity index (χ0n) is 20.1. The van der Waals surface area contributed by atoms with Crippen molar-refractivity contribution < 1.29 is 14.5 Å². The Morgan fingerprint density at radius 2 is 1.78 bits per heavy atom. The lowest BCUT2D eigenvalue weighted by Gasteiger charge is -2.32. The Bertz CT molecular complexity index is 1320. The van der Waals surface area contributed by atoms with Gasteiger partial charge in [-0.05, 0) is 47.7 Å². The fourth-order valence-electron chi connectivity index (χ4n) is 4.16. The largest absolute Gasteiger partial charge is 0.366 e. The van der Waals surface area contributed by atoms with Crippen LogP contribution in [0.5, 0.6) is 0 Å². The van der Waals surface area contributed by atoms with Crippen LogP contribution in [0, 0.1) is 16.0 Å². The SMILES string of the molecule is CC(C)CNC(=O)c1cc(NC(=O)c2ccc([N+](=O)[O-])cc2Cl)ccc1N1CCc2ccccc2C1. The molecule has 0 aliphatic carbocycles. The summed E-state index contributed by atoms with van der Waals surface area (Å²) in [7, 11) is 0. The van der Waals surface area contributed by atoms with Crippen molar-refractivity contribution in [2.75, 3.05) is 23.3 Å². The first-order valence-electron chi connectivity index (χ1n) is 11.7. The number of carbonyl (C=O) groups excluding carboxylic acids is 2. The van der Waals surface area contributed by atoms with Crippen molar-refractivity contribution in [1.29, 1.82) is 0 Å². The monoisotopic (exact) mass is 506 g/mol. The first-order chi connectivity index (χ1) is 17.2. The van der Waals surface area contributed by atoms with Crippen LogP contribution in [0.1, 0.15) is 45.7 Å². The number of amides is 2. The van der Waals surface area contributed by atoms with Gasteiger partial charge in [-0.1, -0.05) is 49.7 Å². The van der Waals surface area contributed by atoms with E-state index in [1.165, 1.54) is 23.3 Å². The number of nitrogens with one attached hydrogen (secondary N) is 2. The molecule has 0 saturated carbocycles. The van der Waals surface area contributed by atoms with Gasteiger partial charge in [-0.15, -0.1) is 0 Å². The Hall–Kier alpha value is -3.91. The molecule has 9 heteroatoms. The van der Waals surface area contributed by atoms with Crippen LogP contribution in [-0.4, -0.2) is 29.8 Å². The van der Waals surface area contributed by atoms with Gasteiger partial charge < -0.3 is 15.5 Å². The molecule has 8 nitrogen and oxygen atoms in total. The predicted octanol–water partition coefficient (Wildman–Crippen LogP) is 5.45. The minimum absolute atomic E-state index is 0.0276. The molecule has 0 radical (unpaired) electrons. The molecule has 0 fully saturated rings. The molecule has 0 spiro atoms. The van der Waals surface area contributed by atoms with Gasteiger partial charge in [0.05, 0.1) is 21.1 Å². The third-order valence-corrected chi connectivity index (χ3v) is 6.36. The molecule has 4 rings (SSSR count). The zero-order chi connectivity index (χ0) is 25.8. The number of hydrogen-bond donors (Lipinski definition) is 2. The van der Waals surface area contributed by atoms with Gasteiger partial charge in [-0.25, -0.2) is 0 Å². The minimum Gasteiger partial charge on any atom is -0.366 e. The number of nitro benzene ring substituents is 1. The van der Waals surface area contributed by atoms with Crippen molar-refractivity contribution in [2.24, 2.45) is 5.92 Å². The highest BCUT2D eigenvalue weighted by atomic mass is 35.5. The first-order valence-corrected chi connectivity index (χ1v) is 12.1. The number of fused-ring (bicyclic) bond motifs is 1. The molecule has 0 bridgehead atoms. The second kappa shape index (κ2) is 10.8. The molecule has 0 atom stereocenters. The normalized spacial score (nSPS) is 12.7. The highest BCUT2D eigenvalue weighted by Crippen LogP contribution is 2.30. The maximum absolute atomic E-state index is 13.2. The number of rotatable bonds is 7. The molecule has 3 aromatic rings. The van der Waals surface area contributed by atoms with E-state index in [-0.39, 0.29) is 28.1 Å². The lowest BCUT2D eigenvalue weighted by molar-refractivity contribution is -0.384. The number of nitro groups is 1. The Labute approximate surface area is 214 Å².